The Bertz CT molecular complexity index is 435. The molecule has 0 unspecified atom stereocenters. The number of benzene rings is 1. The number of carbonyl (C=O) groups excluding carboxylic acids is 1. The van der Waals surface area contributed by atoms with Crippen LogP contribution in [0.25, 0.3) is 0 Å². The van der Waals surface area contributed by atoms with Gasteiger partial charge in [0.15, 0.2) is 0 Å². The quantitative estimate of drug-likeness (QED) is 0.739. The van der Waals surface area contributed by atoms with E-state index in [1.54, 1.807) is 11.8 Å². The molecule has 0 heterocycles. The Hall–Kier alpha value is -1.02. The Morgan fingerprint density at radius 2 is 2.06 bits per heavy atom. The molecular formula is C16H20OS. The number of hydrogen-bond donors (Lipinski definition) is 0. The molecule has 1 fully saturated rings. The molecule has 1 atom stereocenters. The summed E-state index contributed by atoms with van der Waals surface area (Å²) in [6.07, 6.45) is 6.59. The van der Waals surface area contributed by atoms with Crippen LogP contribution in [0.4, 0.5) is 0 Å². The topological polar surface area (TPSA) is 17.1 Å². The van der Waals surface area contributed by atoms with Crippen molar-refractivity contribution in [2.45, 2.75) is 48.7 Å². The van der Waals surface area contributed by atoms with E-state index in [0.717, 1.165) is 32.1 Å². The predicted molar refractivity (Wildman–Crippen MR) is 78.1 cm³/mol. The third-order valence-corrected chi connectivity index (χ3v) is 5.05. The molecule has 1 saturated carbocycles. The molecule has 0 N–H and O–H groups in total. The third kappa shape index (κ3) is 2.86. The van der Waals surface area contributed by atoms with Crippen molar-refractivity contribution in [2.75, 3.05) is 0 Å². The lowest BCUT2D eigenvalue weighted by atomic mass is 9.85. The van der Waals surface area contributed by atoms with Crippen molar-refractivity contribution in [3.8, 4) is 0 Å². The zero-order valence-electron chi connectivity index (χ0n) is 10.9. The maximum Gasteiger partial charge on any atom is 0.149 e. The summed E-state index contributed by atoms with van der Waals surface area (Å²) in [5, 5.41) is 0. The lowest BCUT2D eigenvalue weighted by Gasteiger charge is -2.34. The minimum absolute atomic E-state index is 0.255. The number of thioether (sulfide) groups is 1. The molecule has 0 radical (unpaired) electrons. The van der Waals surface area contributed by atoms with Crippen molar-refractivity contribution in [1.29, 1.82) is 0 Å². The first-order valence-electron chi connectivity index (χ1n) is 6.56. The van der Waals surface area contributed by atoms with Gasteiger partial charge in [-0.1, -0.05) is 30.2 Å². The molecule has 0 saturated heterocycles. The highest BCUT2D eigenvalue weighted by molar-refractivity contribution is 8.01. The van der Waals surface area contributed by atoms with E-state index in [1.165, 1.54) is 10.5 Å². The van der Waals surface area contributed by atoms with Crippen LogP contribution in [0, 0.1) is 6.92 Å². The minimum Gasteiger partial charge on any atom is -0.298 e. The van der Waals surface area contributed by atoms with E-state index in [1.807, 2.05) is 6.08 Å². The number of carbonyl (C=O) groups is 1. The predicted octanol–water partition coefficient (Wildman–Crippen LogP) is 4.55. The molecule has 96 valence electrons. The first kappa shape index (κ1) is 13.4. The molecule has 1 aliphatic rings. The van der Waals surface area contributed by atoms with Crippen LogP contribution in [0.2, 0.25) is 0 Å². The fourth-order valence-corrected chi connectivity index (χ4v) is 3.88. The van der Waals surface area contributed by atoms with Gasteiger partial charge >= 0.3 is 0 Å². The minimum atomic E-state index is -0.255. The van der Waals surface area contributed by atoms with Gasteiger partial charge in [-0.25, -0.2) is 0 Å². The molecule has 1 nitrogen and oxygen atoms in total. The van der Waals surface area contributed by atoms with Crippen LogP contribution in [0.3, 0.4) is 0 Å². The van der Waals surface area contributed by atoms with Crippen molar-refractivity contribution in [3.05, 3.63) is 42.5 Å². The first-order chi connectivity index (χ1) is 8.66. The molecule has 0 amide bonds. The molecule has 2 heteroatoms. The van der Waals surface area contributed by atoms with Crippen LogP contribution in [-0.2, 0) is 4.79 Å². The first-order valence-corrected chi connectivity index (χ1v) is 7.38. The Labute approximate surface area is 114 Å². The summed E-state index contributed by atoms with van der Waals surface area (Å²) in [6.45, 7) is 5.91. The number of aryl methyl sites for hydroxylation is 1. The van der Waals surface area contributed by atoms with Crippen molar-refractivity contribution in [3.63, 3.8) is 0 Å². The molecule has 0 aromatic heterocycles. The van der Waals surface area contributed by atoms with E-state index in [2.05, 4.69) is 37.8 Å². The summed E-state index contributed by atoms with van der Waals surface area (Å²) in [5.74, 6) is 0.402. The second kappa shape index (κ2) is 5.75. The highest BCUT2D eigenvalue weighted by Gasteiger charge is 2.39. The molecule has 0 aliphatic heterocycles. The van der Waals surface area contributed by atoms with Crippen LogP contribution in [0.15, 0.2) is 41.8 Å². The van der Waals surface area contributed by atoms with E-state index in [0.29, 0.717) is 5.78 Å². The van der Waals surface area contributed by atoms with Gasteiger partial charge in [0.1, 0.15) is 5.78 Å². The standard InChI is InChI=1S/C16H20OS/c1-3-11-16(12-5-4-6-15(16)17)18-14-9-7-13(2)8-10-14/h3,7-10H,1,4-6,11-12H2,2H3/t16-/m0/s1. The number of hydrogen-bond acceptors (Lipinski definition) is 2. The van der Waals surface area contributed by atoms with E-state index >= 15 is 0 Å². The summed E-state index contributed by atoms with van der Waals surface area (Å²) < 4.78 is -0.255. The van der Waals surface area contributed by atoms with Crippen LogP contribution in [-0.4, -0.2) is 10.5 Å². The summed E-state index contributed by atoms with van der Waals surface area (Å²) in [4.78, 5) is 13.5. The molecule has 1 aromatic carbocycles. The van der Waals surface area contributed by atoms with Gasteiger partial charge < -0.3 is 0 Å². The monoisotopic (exact) mass is 260 g/mol. The van der Waals surface area contributed by atoms with Gasteiger partial charge in [0.2, 0.25) is 0 Å². The van der Waals surface area contributed by atoms with Gasteiger partial charge in [0, 0.05) is 11.3 Å². The van der Waals surface area contributed by atoms with E-state index in [4.69, 9.17) is 0 Å². The number of rotatable bonds is 4. The van der Waals surface area contributed by atoms with Crippen LogP contribution < -0.4 is 0 Å². The maximum atomic E-state index is 12.3. The van der Waals surface area contributed by atoms with Gasteiger partial charge in [-0.15, -0.1) is 18.3 Å². The van der Waals surface area contributed by atoms with Crippen LogP contribution in [0.1, 0.15) is 37.7 Å². The van der Waals surface area contributed by atoms with Crippen LogP contribution >= 0.6 is 11.8 Å². The van der Waals surface area contributed by atoms with Gasteiger partial charge in [-0.3, -0.25) is 4.79 Å². The highest BCUT2D eigenvalue weighted by Crippen LogP contribution is 2.44. The second-order valence-electron chi connectivity index (χ2n) is 5.03. The molecule has 1 aromatic rings. The Kier molecular flexibility index (Phi) is 4.28. The number of allylic oxidation sites excluding steroid dienone is 1. The van der Waals surface area contributed by atoms with Gasteiger partial charge in [0.25, 0.3) is 0 Å². The molecule has 18 heavy (non-hydrogen) atoms. The van der Waals surface area contributed by atoms with Crippen molar-refractivity contribution in [2.24, 2.45) is 0 Å². The lowest BCUT2D eigenvalue weighted by molar-refractivity contribution is -0.122. The molecular weight excluding hydrogens is 240 g/mol. The van der Waals surface area contributed by atoms with Crippen molar-refractivity contribution in [1.82, 2.24) is 0 Å². The summed E-state index contributed by atoms with van der Waals surface area (Å²) in [6, 6.07) is 8.45. The Morgan fingerprint density at radius 3 is 2.67 bits per heavy atom. The number of ketones is 1. The van der Waals surface area contributed by atoms with Gasteiger partial charge in [-0.2, -0.15) is 0 Å². The SMILES string of the molecule is C=CC[C@]1(Sc2ccc(C)cc2)CCCCC1=O. The van der Waals surface area contributed by atoms with Crippen molar-refractivity contribution >= 4 is 17.5 Å². The Balaban J connectivity index is 2.22. The zero-order valence-corrected chi connectivity index (χ0v) is 11.8. The Morgan fingerprint density at radius 1 is 1.33 bits per heavy atom. The second-order valence-corrected chi connectivity index (χ2v) is 6.49. The van der Waals surface area contributed by atoms with Crippen LogP contribution in [0.5, 0.6) is 0 Å². The van der Waals surface area contributed by atoms with E-state index < -0.39 is 0 Å². The lowest BCUT2D eigenvalue weighted by Crippen LogP contribution is -2.37. The normalized spacial score (nSPS) is 23.9. The smallest absolute Gasteiger partial charge is 0.149 e. The number of Topliss-reactive ketones (excluding diaryl/α,β-unsaturated/α-hetero) is 1. The average Bonchev–Trinajstić information content (AvgIpc) is 2.36. The molecule has 0 bridgehead atoms. The fraction of sp³-hybridized carbons (Fsp3) is 0.438. The van der Waals surface area contributed by atoms with E-state index in [9.17, 15) is 4.79 Å². The summed E-state index contributed by atoms with van der Waals surface area (Å²) in [5.41, 5.74) is 1.26. The van der Waals surface area contributed by atoms with E-state index in [-0.39, 0.29) is 4.75 Å². The molecule has 1 aliphatic carbocycles. The molecule has 0 spiro atoms. The maximum absolute atomic E-state index is 12.3. The highest BCUT2D eigenvalue weighted by atomic mass is 32.2. The molecule has 2 rings (SSSR count). The van der Waals surface area contributed by atoms with Gasteiger partial charge in [-0.05, 0) is 38.3 Å². The largest absolute Gasteiger partial charge is 0.298 e. The fourth-order valence-electron chi connectivity index (χ4n) is 2.49. The summed E-state index contributed by atoms with van der Waals surface area (Å²) >= 11 is 1.73. The summed E-state index contributed by atoms with van der Waals surface area (Å²) in [7, 11) is 0. The van der Waals surface area contributed by atoms with Crippen molar-refractivity contribution < 1.29 is 4.79 Å². The average molecular weight is 260 g/mol. The zero-order chi connectivity index (χ0) is 13.0. The third-order valence-electron chi connectivity index (χ3n) is 3.55. The van der Waals surface area contributed by atoms with Gasteiger partial charge in [0.05, 0.1) is 4.75 Å².